The second-order valence-electron chi connectivity index (χ2n) is 3.56. The zero-order valence-corrected chi connectivity index (χ0v) is 8.78. The Morgan fingerprint density at radius 3 is 2.07 bits per heavy atom. The van der Waals surface area contributed by atoms with Crippen LogP contribution in [0.15, 0.2) is 0 Å². The van der Waals surface area contributed by atoms with Gasteiger partial charge in [-0.1, -0.05) is 6.42 Å². The fraction of sp³-hybridized carbons (Fsp3) is 0.900. The molecule has 0 aromatic heterocycles. The summed E-state index contributed by atoms with van der Waals surface area (Å²) in [4.78, 5) is 11.1. The molecule has 0 atom stereocenters. The number of carbonyl (C=O) groups is 1. The van der Waals surface area contributed by atoms with E-state index in [2.05, 4.69) is 0 Å². The van der Waals surface area contributed by atoms with Crippen molar-refractivity contribution in [2.75, 3.05) is 13.2 Å². The van der Waals surface area contributed by atoms with Crippen LogP contribution in [0.25, 0.3) is 0 Å². The monoisotopic (exact) mass is 202 g/mol. The molecule has 0 aromatic rings. The van der Waals surface area contributed by atoms with Crippen LogP contribution in [-0.2, 0) is 14.3 Å². The van der Waals surface area contributed by atoms with Crippen molar-refractivity contribution in [3.05, 3.63) is 0 Å². The van der Waals surface area contributed by atoms with Gasteiger partial charge in [0.15, 0.2) is 6.29 Å². The highest BCUT2D eigenvalue weighted by Gasteiger charge is 2.52. The lowest BCUT2D eigenvalue weighted by molar-refractivity contribution is -0.232. The average molecular weight is 202 g/mol. The third-order valence-corrected chi connectivity index (χ3v) is 2.76. The minimum absolute atomic E-state index is 0.486. The fourth-order valence-electron chi connectivity index (χ4n) is 1.78. The summed E-state index contributed by atoms with van der Waals surface area (Å²) < 4.78 is 10.7. The number of ether oxygens (including phenoxy) is 2. The maximum absolute atomic E-state index is 11.1. The molecular formula is C10H18O4. The first-order valence-electron chi connectivity index (χ1n) is 5.14. The molecule has 1 aliphatic rings. The van der Waals surface area contributed by atoms with Gasteiger partial charge in [-0.25, -0.2) is 0 Å². The predicted octanol–water partition coefficient (Wildman–Crippen LogP) is 1.64. The molecule has 0 aromatic carbocycles. The summed E-state index contributed by atoms with van der Waals surface area (Å²) in [6.45, 7) is 4.67. The first-order chi connectivity index (χ1) is 6.67. The SMILES string of the molecule is CCOC(OCC)C1(C(=O)O)CCC1. The Bertz CT molecular complexity index is 192. The van der Waals surface area contributed by atoms with E-state index in [0.29, 0.717) is 26.1 Å². The van der Waals surface area contributed by atoms with Crippen LogP contribution in [0.1, 0.15) is 33.1 Å². The fourth-order valence-corrected chi connectivity index (χ4v) is 1.78. The van der Waals surface area contributed by atoms with E-state index in [9.17, 15) is 4.79 Å². The Morgan fingerprint density at radius 2 is 1.86 bits per heavy atom. The zero-order chi connectivity index (χ0) is 10.6. The number of carboxylic acid groups (broad SMARTS) is 1. The molecule has 14 heavy (non-hydrogen) atoms. The van der Waals surface area contributed by atoms with Crippen molar-refractivity contribution in [3.8, 4) is 0 Å². The van der Waals surface area contributed by atoms with Crippen molar-refractivity contribution in [2.24, 2.45) is 5.41 Å². The van der Waals surface area contributed by atoms with Crippen molar-refractivity contribution in [3.63, 3.8) is 0 Å². The average Bonchev–Trinajstić information content (AvgIpc) is 2.02. The van der Waals surface area contributed by atoms with Gasteiger partial charge in [0.2, 0.25) is 0 Å². The highest BCUT2D eigenvalue weighted by atomic mass is 16.7. The van der Waals surface area contributed by atoms with E-state index in [1.807, 2.05) is 13.8 Å². The van der Waals surface area contributed by atoms with Gasteiger partial charge in [-0.05, 0) is 26.7 Å². The van der Waals surface area contributed by atoms with E-state index in [1.165, 1.54) is 0 Å². The molecule has 1 fully saturated rings. The molecule has 0 amide bonds. The molecule has 4 heteroatoms. The van der Waals surface area contributed by atoms with E-state index >= 15 is 0 Å². The summed E-state index contributed by atoms with van der Waals surface area (Å²) in [5.41, 5.74) is -0.786. The second-order valence-corrected chi connectivity index (χ2v) is 3.56. The van der Waals surface area contributed by atoms with E-state index in [4.69, 9.17) is 14.6 Å². The molecule has 0 spiro atoms. The molecule has 0 heterocycles. The van der Waals surface area contributed by atoms with Crippen molar-refractivity contribution < 1.29 is 19.4 Å². The summed E-state index contributed by atoms with van der Waals surface area (Å²) in [7, 11) is 0. The van der Waals surface area contributed by atoms with Crippen LogP contribution >= 0.6 is 0 Å². The Kier molecular flexibility index (Phi) is 3.89. The first-order valence-corrected chi connectivity index (χ1v) is 5.14. The normalized spacial score (nSPS) is 19.4. The molecule has 1 N–H and O–H groups in total. The molecule has 1 saturated carbocycles. The van der Waals surface area contributed by atoms with Crippen LogP contribution in [-0.4, -0.2) is 30.6 Å². The topological polar surface area (TPSA) is 55.8 Å². The van der Waals surface area contributed by atoms with Gasteiger partial charge >= 0.3 is 5.97 Å². The molecule has 0 bridgehead atoms. The molecule has 0 unspecified atom stereocenters. The third kappa shape index (κ3) is 1.91. The van der Waals surface area contributed by atoms with E-state index in [-0.39, 0.29) is 0 Å². The molecule has 0 aliphatic heterocycles. The standard InChI is InChI=1S/C10H18O4/c1-3-13-9(14-4-2)10(8(11)12)6-5-7-10/h9H,3-7H2,1-2H3,(H,11,12). The Labute approximate surface area is 84.2 Å². The number of rotatable bonds is 6. The molecule has 0 saturated heterocycles. The van der Waals surface area contributed by atoms with Crippen LogP contribution in [0.2, 0.25) is 0 Å². The maximum Gasteiger partial charge on any atom is 0.314 e. The van der Waals surface area contributed by atoms with Crippen LogP contribution in [0.3, 0.4) is 0 Å². The number of carboxylic acids is 1. The largest absolute Gasteiger partial charge is 0.481 e. The van der Waals surface area contributed by atoms with Gasteiger partial charge in [0.25, 0.3) is 0 Å². The lowest BCUT2D eigenvalue weighted by Crippen LogP contribution is -2.50. The zero-order valence-electron chi connectivity index (χ0n) is 8.78. The van der Waals surface area contributed by atoms with Crippen LogP contribution in [0, 0.1) is 5.41 Å². The summed E-state index contributed by atoms with van der Waals surface area (Å²) in [5.74, 6) is -0.796. The minimum Gasteiger partial charge on any atom is -0.481 e. The second kappa shape index (κ2) is 4.75. The smallest absolute Gasteiger partial charge is 0.314 e. The van der Waals surface area contributed by atoms with Gasteiger partial charge in [0, 0.05) is 13.2 Å². The number of hydrogen-bond acceptors (Lipinski definition) is 3. The Hall–Kier alpha value is -0.610. The van der Waals surface area contributed by atoms with Gasteiger partial charge < -0.3 is 14.6 Å². The Morgan fingerprint density at radius 1 is 1.36 bits per heavy atom. The number of aliphatic carboxylic acids is 1. The van der Waals surface area contributed by atoms with Gasteiger partial charge in [0.1, 0.15) is 5.41 Å². The predicted molar refractivity (Wildman–Crippen MR) is 51.0 cm³/mol. The highest BCUT2D eigenvalue weighted by Crippen LogP contribution is 2.45. The first kappa shape index (κ1) is 11.5. The maximum atomic E-state index is 11.1. The summed E-state index contributed by atoms with van der Waals surface area (Å²) >= 11 is 0. The van der Waals surface area contributed by atoms with Crippen molar-refractivity contribution in [2.45, 2.75) is 39.4 Å². The molecule has 1 rings (SSSR count). The lowest BCUT2D eigenvalue weighted by Gasteiger charge is -2.42. The van der Waals surface area contributed by atoms with Gasteiger partial charge in [0.05, 0.1) is 0 Å². The molecule has 4 nitrogen and oxygen atoms in total. The van der Waals surface area contributed by atoms with E-state index in [0.717, 1.165) is 6.42 Å². The van der Waals surface area contributed by atoms with Crippen molar-refractivity contribution in [1.82, 2.24) is 0 Å². The third-order valence-electron chi connectivity index (χ3n) is 2.76. The summed E-state index contributed by atoms with van der Waals surface area (Å²) in [6, 6.07) is 0. The quantitative estimate of drug-likeness (QED) is 0.665. The van der Waals surface area contributed by atoms with Crippen LogP contribution < -0.4 is 0 Å². The van der Waals surface area contributed by atoms with Crippen molar-refractivity contribution in [1.29, 1.82) is 0 Å². The van der Waals surface area contributed by atoms with Gasteiger partial charge in [-0.2, -0.15) is 0 Å². The molecule has 82 valence electrons. The molecule has 1 aliphatic carbocycles. The summed E-state index contributed by atoms with van der Waals surface area (Å²) in [6.07, 6.45) is 1.69. The molecular weight excluding hydrogens is 184 g/mol. The molecule has 0 radical (unpaired) electrons. The lowest BCUT2D eigenvalue weighted by atomic mass is 9.68. The Balaban J connectivity index is 2.67. The van der Waals surface area contributed by atoms with Gasteiger partial charge in [-0.15, -0.1) is 0 Å². The van der Waals surface area contributed by atoms with E-state index < -0.39 is 17.7 Å². The van der Waals surface area contributed by atoms with Crippen molar-refractivity contribution >= 4 is 5.97 Å². The number of hydrogen-bond donors (Lipinski definition) is 1. The van der Waals surface area contributed by atoms with Crippen LogP contribution in [0.5, 0.6) is 0 Å². The van der Waals surface area contributed by atoms with Crippen LogP contribution in [0.4, 0.5) is 0 Å². The minimum atomic E-state index is -0.796. The summed E-state index contributed by atoms with van der Waals surface area (Å²) in [5, 5.41) is 9.15. The van der Waals surface area contributed by atoms with Gasteiger partial charge in [-0.3, -0.25) is 4.79 Å². The highest BCUT2D eigenvalue weighted by molar-refractivity contribution is 5.76. The van der Waals surface area contributed by atoms with E-state index in [1.54, 1.807) is 0 Å².